The highest BCUT2D eigenvalue weighted by molar-refractivity contribution is 5.89. The smallest absolute Gasteiger partial charge is 0.240 e. The standard InChI is InChI=1S/C27H31N5O3/c28-27(35)24(17-21-9-3-1-4-10-21)31-26(34)18-30-25(33)14-16-32(19-22-11-5-2-6-12-22)20-23-13-7-8-15-29-23/h1-13,15,24H,14,16-20H2,(H2,28,35)(H,30,33)(H,31,34)/i14D/t14-,24?/m0/s1. The van der Waals surface area contributed by atoms with Crippen molar-refractivity contribution in [1.82, 2.24) is 20.5 Å². The largest absolute Gasteiger partial charge is 0.368 e. The number of benzene rings is 2. The lowest BCUT2D eigenvalue weighted by Gasteiger charge is -2.22. The third-order valence-corrected chi connectivity index (χ3v) is 5.28. The van der Waals surface area contributed by atoms with E-state index in [2.05, 4.69) is 15.6 Å². The van der Waals surface area contributed by atoms with E-state index >= 15 is 0 Å². The lowest BCUT2D eigenvalue weighted by Crippen LogP contribution is -2.49. The Morgan fingerprint density at radius 1 is 0.886 bits per heavy atom. The molecule has 1 unspecified atom stereocenters. The highest BCUT2D eigenvalue weighted by atomic mass is 16.2. The topological polar surface area (TPSA) is 117 Å². The molecule has 3 amide bonds. The molecule has 0 aliphatic carbocycles. The van der Waals surface area contributed by atoms with Crippen molar-refractivity contribution in [3.8, 4) is 0 Å². The number of amides is 3. The molecule has 2 aromatic carbocycles. The minimum absolute atomic E-state index is 0.150. The van der Waals surface area contributed by atoms with E-state index in [9.17, 15) is 14.4 Å². The number of aromatic nitrogens is 1. The summed E-state index contributed by atoms with van der Waals surface area (Å²) in [5.41, 5.74) is 8.17. The first-order chi connectivity index (χ1) is 17.4. The first kappa shape index (κ1) is 24.1. The molecule has 0 fully saturated rings. The van der Waals surface area contributed by atoms with Crippen LogP contribution in [0.1, 0.15) is 24.6 Å². The molecule has 0 aliphatic heterocycles. The van der Waals surface area contributed by atoms with Crippen molar-refractivity contribution in [2.45, 2.75) is 31.9 Å². The summed E-state index contributed by atoms with van der Waals surface area (Å²) in [7, 11) is 0. The number of nitrogens with one attached hydrogen (secondary N) is 2. The number of pyridine rings is 1. The van der Waals surface area contributed by atoms with E-state index in [-0.39, 0.29) is 19.5 Å². The maximum absolute atomic E-state index is 12.6. The van der Waals surface area contributed by atoms with Crippen molar-refractivity contribution in [3.63, 3.8) is 0 Å². The highest BCUT2D eigenvalue weighted by Gasteiger charge is 2.19. The number of nitrogens with two attached hydrogens (primary N) is 1. The Labute approximate surface area is 207 Å². The Morgan fingerprint density at radius 2 is 1.54 bits per heavy atom. The molecule has 8 nitrogen and oxygen atoms in total. The van der Waals surface area contributed by atoms with Crippen LogP contribution in [0.4, 0.5) is 0 Å². The molecule has 2 atom stereocenters. The van der Waals surface area contributed by atoms with Crippen LogP contribution in [0, 0.1) is 0 Å². The molecular weight excluding hydrogens is 442 g/mol. The van der Waals surface area contributed by atoms with E-state index in [0.29, 0.717) is 13.1 Å². The zero-order valence-electron chi connectivity index (χ0n) is 20.5. The van der Waals surface area contributed by atoms with Crippen LogP contribution < -0.4 is 16.4 Å². The lowest BCUT2D eigenvalue weighted by atomic mass is 10.1. The Hall–Kier alpha value is -4.04. The van der Waals surface area contributed by atoms with E-state index in [1.54, 1.807) is 6.20 Å². The summed E-state index contributed by atoms with van der Waals surface area (Å²) in [4.78, 5) is 43.1. The van der Waals surface area contributed by atoms with Gasteiger partial charge in [-0.25, -0.2) is 0 Å². The number of rotatable bonds is 13. The van der Waals surface area contributed by atoms with Gasteiger partial charge >= 0.3 is 0 Å². The maximum atomic E-state index is 12.6. The Bertz CT molecular complexity index is 1070. The zero-order valence-corrected chi connectivity index (χ0v) is 19.5. The molecule has 182 valence electrons. The summed E-state index contributed by atoms with van der Waals surface area (Å²) < 4.78 is 8.36. The van der Waals surface area contributed by atoms with Gasteiger partial charge in [-0.3, -0.25) is 24.3 Å². The van der Waals surface area contributed by atoms with E-state index in [0.717, 1.165) is 16.8 Å². The van der Waals surface area contributed by atoms with Crippen LogP contribution in [-0.2, 0) is 33.9 Å². The van der Waals surface area contributed by atoms with Crippen LogP contribution in [0.25, 0.3) is 0 Å². The van der Waals surface area contributed by atoms with Crippen LogP contribution in [0.2, 0.25) is 0 Å². The SMILES string of the molecule is [2H][C@@H](CN(Cc1ccccc1)Cc1ccccn1)C(=O)NCC(=O)NC(Cc1ccccc1)C(N)=O. The highest BCUT2D eigenvalue weighted by Crippen LogP contribution is 2.09. The summed E-state index contributed by atoms with van der Waals surface area (Å²) in [6.07, 6.45) is 0.830. The predicted molar refractivity (Wildman–Crippen MR) is 134 cm³/mol. The second-order valence-electron chi connectivity index (χ2n) is 8.11. The molecule has 0 radical (unpaired) electrons. The molecule has 4 N–H and O–H groups in total. The van der Waals surface area contributed by atoms with E-state index in [1.165, 1.54) is 0 Å². The molecule has 0 bridgehead atoms. The monoisotopic (exact) mass is 474 g/mol. The van der Waals surface area contributed by atoms with E-state index in [4.69, 9.17) is 7.10 Å². The molecular formula is C27H31N5O3. The third kappa shape index (κ3) is 9.38. The van der Waals surface area contributed by atoms with Crippen LogP contribution in [0.5, 0.6) is 0 Å². The van der Waals surface area contributed by atoms with Gasteiger partial charge in [0.15, 0.2) is 0 Å². The fourth-order valence-corrected chi connectivity index (χ4v) is 3.52. The maximum Gasteiger partial charge on any atom is 0.240 e. The van der Waals surface area contributed by atoms with Gasteiger partial charge in [0.2, 0.25) is 17.7 Å². The van der Waals surface area contributed by atoms with E-state index in [1.807, 2.05) is 83.8 Å². The molecule has 0 saturated heterocycles. The molecule has 8 heteroatoms. The number of hydrogen-bond donors (Lipinski definition) is 3. The molecule has 0 saturated carbocycles. The number of carbonyl (C=O) groups is 3. The fraction of sp³-hybridized carbons (Fsp3) is 0.259. The van der Waals surface area contributed by atoms with Crippen LogP contribution in [0.3, 0.4) is 0 Å². The lowest BCUT2D eigenvalue weighted by molar-refractivity contribution is -0.128. The number of hydrogen-bond acceptors (Lipinski definition) is 5. The van der Waals surface area contributed by atoms with Gasteiger partial charge < -0.3 is 16.4 Å². The molecule has 35 heavy (non-hydrogen) atoms. The van der Waals surface area contributed by atoms with Gasteiger partial charge in [0, 0.05) is 40.0 Å². The Morgan fingerprint density at radius 3 is 2.17 bits per heavy atom. The van der Waals surface area contributed by atoms with Crippen molar-refractivity contribution in [3.05, 3.63) is 102 Å². The molecule has 0 spiro atoms. The summed E-state index contributed by atoms with van der Waals surface area (Å²) in [5, 5.41) is 5.05. The number of nitrogens with zero attached hydrogens (tertiary/aromatic N) is 2. The van der Waals surface area contributed by atoms with Crippen molar-refractivity contribution in [2.24, 2.45) is 5.73 Å². The first-order valence-electron chi connectivity index (χ1n) is 12.0. The van der Waals surface area contributed by atoms with Gasteiger partial charge in [0.25, 0.3) is 0 Å². The Kier molecular flexibility index (Phi) is 9.37. The van der Waals surface area contributed by atoms with Crippen molar-refractivity contribution < 1.29 is 15.8 Å². The molecule has 1 aromatic heterocycles. The Balaban J connectivity index is 1.53. The van der Waals surface area contributed by atoms with Crippen LogP contribution in [-0.4, -0.2) is 46.7 Å². The zero-order chi connectivity index (χ0) is 25.8. The summed E-state index contributed by atoms with van der Waals surface area (Å²) in [6.45, 7) is 0.807. The molecule has 3 rings (SSSR count). The fourth-order valence-electron chi connectivity index (χ4n) is 3.52. The minimum Gasteiger partial charge on any atom is -0.368 e. The summed E-state index contributed by atoms with van der Waals surface area (Å²) in [6, 6.07) is 23.7. The quantitative estimate of drug-likeness (QED) is 0.349. The second-order valence-corrected chi connectivity index (χ2v) is 8.11. The molecule has 3 aromatic rings. The average molecular weight is 475 g/mol. The summed E-state index contributed by atoms with van der Waals surface area (Å²) >= 11 is 0. The van der Waals surface area contributed by atoms with Crippen molar-refractivity contribution >= 4 is 17.7 Å². The predicted octanol–water partition coefficient (Wildman–Crippen LogP) is 1.80. The van der Waals surface area contributed by atoms with Crippen LogP contribution in [0.15, 0.2) is 85.1 Å². The van der Waals surface area contributed by atoms with Gasteiger partial charge in [-0.2, -0.15) is 0 Å². The first-order valence-corrected chi connectivity index (χ1v) is 11.4. The van der Waals surface area contributed by atoms with Crippen LogP contribution >= 0.6 is 0 Å². The van der Waals surface area contributed by atoms with E-state index < -0.39 is 30.2 Å². The van der Waals surface area contributed by atoms with Gasteiger partial charge in [0.1, 0.15) is 6.04 Å². The minimum atomic E-state index is -1.12. The average Bonchev–Trinajstić information content (AvgIpc) is 2.88. The van der Waals surface area contributed by atoms with Gasteiger partial charge in [-0.05, 0) is 23.3 Å². The number of primary amides is 1. The van der Waals surface area contributed by atoms with Gasteiger partial charge in [-0.1, -0.05) is 66.7 Å². The van der Waals surface area contributed by atoms with Crippen molar-refractivity contribution in [2.75, 3.05) is 13.1 Å². The van der Waals surface area contributed by atoms with Crippen molar-refractivity contribution in [1.29, 1.82) is 0 Å². The molecule has 0 aliphatic rings. The van der Waals surface area contributed by atoms with Gasteiger partial charge in [-0.15, -0.1) is 0 Å². The number of carbonyl (C=O) groups excluding carboxylic acids is 3. The second kappa shape index (κ2) is 13.6. The van der Waals surface area contributed by atoms with Gasteiger partial charge in [0.05, 0.1) is 12.2 Å². The normalized spacial score (nSPS) is 12.9. The molecule has 1 heterocycles. The summed E-state index contributed by atoms with van der Waals surface area (Å²) in [5.74, 6) is -1.80. The third-order valence-electron chi connectivity index (χ3n) is 5.28.